The number of para-hydroxylation sites is 2. The summed E-state index contributed by atoms with van der Waals surface area (Å²) in [6.07, 6.45) is -0.315. The number of carbonyl (C=O) groups excluding carboxylic acids is 2. The van der Waals surface area contributed by atoms with Crippen LogP contribution in [0.2, 0.25) is 5.02 Å². The van der Waals surface area contributed by atoms with Gasteiger partial charge in [-0.05, 0) is 18.2 Å². The minimum atomic E-state index is -0.315. The SMILES string of the molecule is O=C(c1oc2ccccc2c1COc1ccccc1Cl)N1CCN2C(=O)OCC2C1. The lowest BCUT2D eigenvalue weighted by Crippen LogP contribution is -2.53. The van der Waals surface area contributed by atoms with E-state index >= 15 is 0 Å². The highest BCUT2D eigenvalue weighted by atomic mass is 35.5. The average molecular weight is 427 g/mol. The number of furan rings is 1. The smallest absolute Gasteiger partial charge is 0.410 e. The Labute approximate surface area is 177 Å². The molecule has 8 heteroatoms. The predicted molar refractivity (Wildman–Crippen MR) is 110 cm³/mol. The Morgan fingerprint density at radius 2 is 1.93 bits per heavy atom. The minimum Gasteiger partial charge on any atom is -0.487 e. The third kappa shape index (κ3) is 3.25. The number of rotatable bonds is 4. The van der Waals surface area contributed by atoms with Crippen LogP contribution < -0.4 is 4.74 Å². The van der Waals surface area contributed by atoms with Gasteiger partial charge in [-0.1, -0.05) is 41.9 Å². The molecule has 2 amide bonds. The zero-order valence-electron chi connectivity index (χ0n) is 16.0. The number of cyclic esters (lactones) is 1. The summed E-state index contributed by atoms with van der Waals surface area (Å²) >= 11 is 6.20. The van der Waals surface area contributed by atoms with Crippen molar-refractivity contribution in [2.24, 2.45) is 0 Å². The van der Waals surface area contributed by atoms with E-state index in [9.17, 15) is 9.59 Å². The van der Waals surface area contributed by atoms with Crippen molar-refractivity contribution in [3.63, 3.8) is 0 Å². The number of halogens is 1. The van der Waals surface area contributed by atoms with E-state index in [2.05, 4.69) is 0 Å². The summed E-state index contributed by atoms with van der Waals surface area (Å²) in [7, 11) is 0. The third-order valence-electron chi connectivity index (χ3n) is 5.50. The molecular weight excluding hydrogens is 408 g/mol. The van der Waals surface area contributed by atoms with E-state index < -0.39 is 0 Å². The van der Waals surface area contributed by atoms with Crippen molar-refractivity contribution in [3.8, 4) is 5.75 Å². The molecule has 0 spiro atoms. The number of ether oxygens (including phenoxy) is 2. The van der Waals surface area contributed by atoms with Crippen LogP contribution >= 0.6 is 11.6 Å². The predicted octanol–water partition coefficient (Wildman–Crippen LogP) is 3.94. The molecule has 7 nitrogen and oxygen atoms in total. The van der Waals surface area contributed by atoms with Crippen molar-refractivity contribution in [2.75, 3.05) is 26.2 Å². The summed E-state index contributed by atoms with van der Waals surface area (Å²) in [6.45, 7) is 1.72. The second-order valence-electron chi connectivity index (χ2n) is 7.30. The number of piperazine rings is 1. The molecule has 1 unspecified atom stereocenters. The lowest BCUT2D eigenvalue weighted by Gasteiger charge is -2.35. The fourth-order valence-electron chi connectivity index (χ4n) is 3.94. The fraction of sp³-hybridized carbons (Fsp3) is 0.273. The van der Waals surface area contributed by atoms with Crippen LogP contribution in [0.25, 0.3) is 11.0 Å². The Hall–Kier alpha value is -3.19. The van der Waals surface area contributed by atoms with Crippen LogP contribution in [0.4, 0.5) is 4.79 Å². The van der Waals surface area contributed by atoms with E-state index in [-0.39, 0.29) is 30.4 Å². The molecule has 2 aromatic carbocycles. The second kappa shape index (κ2) is 7.57. The third-order valence-corrected chi connectivity index (χ3v) is 5.82. The molecule has 0 N–H and O–H groups in total. The summed E-state index contributed by atoms with van der Waals surface area (Å²) in [5.74, 6) is 0.572. The Morgan fingerprint density at radius 3 is 2.80 bits per heavy atom. The highest BCUT2D eigenvalue weighted by Crippen LogP contribution is 2.31. The molecule has 154 valence electrons. The summed E-state index contributed by atoms with van der Waals surface area (Å²) in [6, 6.07) is 14.6. The topological polar surface area (TPSA) is 72.2 Å². The number of nitrogens with zero attached hydrogens (tertiary/aromatic N) is 2. The maximum Gasteiger partial charge on any atom is 0.410 e. The number of benzene rings is 2. The standard InChI is InChI=1S/C22H19ClN2O5/c23-17-6-2-4-8-19(17)28-13-16-15-5-1-3-7-18(15)30-20(16)21(26)24-9-10-25-14(11-24)12-29-22(25)27/h1-8,14H,9-13H2. The van der Waals surface area contributed by atoms with Gasteiger partial charge in [0.25, 0.3) is 5.91 Å². The van der Waals surface area contributed by atoms with Crippen LogP contribution in [-0.4, -0.2) is 54.1 Å². The fourth-order valence-corrected chi connectivity index (χ4v) is 4.13. The zero-order chi connectivity index (χ0) is 20.7. The van der Waals surface area contributed by atoms with E-state index in [4.69, 9.17) is 25.5 Å². The molecule has 1 atom stereocenters. The number of fused-ring (bicyclic) bond motifs is 2. The number of carbonyl (C=O) groups is 2. The molecule has 0 aliphatic carbocycles. The lowest BCUT2D eigenvalue weighted by molar-refractivity contribution is 0.0585. The molecule has 0 bridgehead atoms. The van der Waals surface area contributed by atoms with Crippen LogP contribution in [0.5, 0.6) is 5.75 Å². The molecular formula is C22H19ClN2O5. The van der Waals surface area contributed by atoms with E-state index in [0.29, 0.717) is 48.2 Å². The quantitative estimate of drug-likeness (QED) is 0.631. The van der Waals surface area contributed by atoms with E-state index in [1.165, 1.54) is 0 Å². The van der Waals surface area contributed by atoms with Crippen molar-refractivity contribution in [1.29, 1.82) is 0 Å². The van der Waals surface area contributed by atoms with E-state index in [1.54, 1.807) is 21.9 Å². The largest absolute Gasteiger partial charge is 0.487 e. The first-order chi connectivity index (χ1) is 14.6. The van der Waals surface area contributed by atoms with Gasteiger partial charge in [-0.25, -0.2) is 4.79 Å². The van der Waals surface area contributed by atoms with Crippen molar-refractivity contribution in [1.82, 2.24) is 9.80 Å². The van der Waals surface area contributed by atoms with Gasteiger partial charge >= 0.3 is 6.09 Å². The molecule has 3 heterocycles. The Morgan fingerprint density at radius 1 is 1.13 bits per heavy atom. The van der Waals surface area contributed by atoms with Crippen LogP contribution in [0.15, 0.2) is 52.9 Å². The summed E-state index contributed by atoms with van der Waals surface area (Å²) in [4.78, 5) is 28.5. The molecule has 2 aliphatic rings. The van der Waals surface area contributed by atoms with Gasteiger partial charge in [-0.15, -0.1) is 0 Å². The van der Waals surface area contributed by atoms with Crippen LogP contribution in [-0.2, 0) is 11.3 Å². The Kier molecular flexibility index (Phi) is 4.75. The molecule has 30 heavy (non-hydrogen) atoms. The lowest BCUT2D eigenvalue weighted by atomic mass is 10.1. The van der Waals surface area contributed by atoms with Crippen molar-refractivity contribution in [2.45, 2.75) is 12.6 Å². The summed E-state index contributed by atoms with van der Waals surface area (Å²) in [5.41, 5.74) is 1.30. The van der Waals surface area contributed by atoms with Gasteiger partial charge in [-0.2, -0.15) is 0 Å². The normalized spacial score (nSPS) is 18.4. The molecule has 5 rings (SSSR count). The first-order valence-corrected chi connectivity index (χ1v) is 10.1. The first-order valence-electron chi connectivity index (χ1n) is 9.72. The van der Waals surface area contributed by atoms with Gasteiger partial charge < -0.3 is 18.8 Å². The van der Waals surface area contributed by atoms with Crippen molar-refractivity contribution < 1.29 is 23.5 Å². The number of amides is 2. The molecule has 1 aromatic heterocycles. The van der Waals surface area contributed by atoms with Crippen molar-refractivity contribution in [3.05, 3.63) is 64.9 Å². The summed E-state index contributed by atoms with van der Waals surface area (Å²) in [5, 5.41) is 1.33. The van der Waals surface area contributed by atoms with Crippen LogP contribution in [0.3, 0.4) is 0 Å². The number of hydrogen-bond acceptors (Lipinski definition) is 5. The maximum absolute atomic E-state index is 13.3. The van der Waals surface area contributed by atoms with Gasteiger partial charge in [0.1, 0.15) is 24.5 Å². The molecule has 2 aliphatic heterocycles. The molecule has 3 aromatic rings. The minimum absolute atomic E-state index is 0.123. The number of hydrogen-bond donors (Lipinski definition) is 0. The zero-order valence-corrected chi connectivity index (χ0v) is 16.8. The van der Waals surface area contributed by atoms with Gasteiger partial charge in [-0.3, -0.25) is 9.69 Å². The van der Waals surface area contributed by atoms with Gasteiger partial charge in [0.15, 0.2) is 5.76 Å². The van der Waals surface area contributed by atoms with Gasteiger partial charge in [0.2, 0.25) is 0 Å². The molecule has 2 fully saturated rings. The first kappa shape index (κ1) is 18.8. The van der Waals surface area contributed by atoms with E-state index in [0.717, 1.165) is 5.39 Å². The highest BCUT2D eigenvalue weighted by molar-refractivity contribution is 6.32. The highest BCUT2D eigenvalue weighted by Gasteiger charge is 2.40. The Balaban J connectivity index is 1.43. The molecule has 0 radical (unpaired) electrons. The van der Waals surface area contributed by atoms with Crippen LogP contribution in [0.1, 0.15) is 16.1 Å². The van der Waals surface area contributed by atoms with Gasteiger partial charge in [0.05, 0.1) is 11.1 Å². The van der Waals surface area contributed by atoms with Crippen LogP contribution in [0, 0.1) is 0 Å². The molecule has 0 saturated carbocycles. The maximum atomic E-state index is 13.3. The summed E-state index contributed by atoms with van der Waals surface area (Å²) < 4.78 is 17.0. The Bertz CT molecular complexity index is 1130. The average Bonchev–Trinajstić information content (AvgIpc) is 3.33. The second-order valence-corrected chi connectivity index (χ2v) is 7.71. The monoisotopic (exact) mass is 426 g/mol. The van der Waals surface area contributed by atoms with E-state index in [1.807, 2.05) is 36.4 Å². The molecule has 2 saturated heterocycles. The van der Waals surface area contributed by atoms with Crippen molar-refractivity contribution >= 4 is 34.6 Å². The van der Waals surface area contributed by atoms with Gasteiger partial charge in [0, 0.05) is 30.6 Å².